The number of amides is 2. The first-order valence-electron chi connectivity index (χ1n) is 6.99. The van der Waals surface area contributed by atoms with Gasteiger partial charge in [-0.25, -0.2) is 9.59 Å². The third-order valence-corrected chi connectivity index (χ3v) is 3.90. The highest BCUT2D eigenvalue weighted by atomic mass is 35.5. The van der Waals surface area contributed by atoms with E-state index < -0.39 is 5.97 Å². The highest BCUT2D eigenvalue weighted by Gasteiger charge is 2.16. The maximum Gasteiger partial charge on any atom is 0.337 e. The molecule has 1 aromatic carbocycles. The third kappa shape index (κ3) is 4.93. The normalized spacial score (nSPS) is 12.0. The van der Waals surface area contributed by atoms with Crippen LogP contribution in [-0.2, 0) is 0 Å². The van der Waals surface area contributed by atoms with Gasteiger partial charge in [-0.15, -0.1) is 0 Å². The number of carboxylic acids is 1. The number of aromatic carboxylic acids is 1. The lowest BCUT2D eigenvalue weighted by Crippen LogP contribution is -2.40. The lowest BCUT2D eigenvalue weighted by Gasteiger charge is -2.22. The van der Waals surface area contributed by atoms with E-state index in [0.717, 1.165) is 12.8 Å². The van der Waals surface area contributed by atoms with Gasteiger partial charge in [0.2, 0.25) is 0 Å². The van der Waals surface area contributed by atoms with Crippen LogP contribution in [0.25, 0.3) is 0 Å². The molecular formula is C15H21ClN2O3. The number of rotatable bonds is 6. The topological polar surface area (TPSA) is 78.4 Å². The summed E-state index contributed by atoms with van der Waals surface area (Å²) < 4.78 is 0. The molecule has 0 aromatic heterocycles. The van der Waals surface area contributed by atoms with Gasteiger partial charge in [0.05, 0.1) is 10.6 Å². The van der Waals surface area contributed by atoms with E-state index in [2.05, 4.69) is 24.5 Å². The fourth-order valence-electron chi connectivity index (χ4n) is 2.25. The van der Waals surface area contributed by atoms with Crippen molar-refractivity contribution in [2.24, 2.45) is 5.92 Å². The first-order chi connectivity index (χ1) is 9.88. The molecule has 0 saturated heterocycles. The minimum Gasteiger partial charge on any atom is -0.478 e. The fraction of sp³-hybridized carbons (Fsp3) is 0.467. The maximum atomic E-state index is 11.9. The molecule has 0 saturated carbocycles. The van der Waals surface area contributed by atoms with Crippen molar-refractivity contribution >= 4 is 29.3 Å². The Labute approximate surface area is 129 Å². The van der Waals surface area contributed by atoms with Gasteiger partial charge in [0, 0.05) is 11.7 Å². The standard InChI is InChI=1S/C15H21ClN2O3/c1-4-10(5-2)9(3)17-15(21)18-11-6-7-13(16)12(8-11)14(19)20/h6-10H,4-5H2,1-3H3,(H,19,20)(H2,17,18,21). The Bertz CT molecular complexity index is 516. The van der Waals surface area contributed by atoms with Gasteiger partial charge in [0.1, 0.15) is 0 Å². The summed E-state index contributed by atoms with van der Waals surface area (Å²) in [4.78, 5) is 22.9. The number of carbonyl (C=O) groups is 2. The summed E-state index contributed by atoms with van der Waals surface area (Å²) in [7, 11) is 0. The van der Waals surface area contributed by atoms with Gasteiger partial charge in [0.15, 0.2) is 0 Å². The zero-order valence-electron chi connectivity index (χ0n) is 12.4. The van der Waals surface area contributed by atoms with Gasteiger partial charge >= 0.3 is 12.0 Å². The number of hydrogen-bond donors (Lipinski definition) is 3. The second kappa shape index (κ2) is 7.88. The van der Waals surface area contributed by atoms with Crippen molar-refractivity contribution in [3.8, 4) is 0 Å². The highest BCUT2D eigenvalue weighted by Crippen LogP contribution is 2.20. The maximum absolute atomic E-state index is 11.9. The van der Waals surface area contributed by atoms with Crippen molar-refractivity contribution in [3.05, 3.63) is 28.8 Å². The summed E-state index contributed by atoms with van der Waals surface area (Å²) in [5, 5.41) is 14.6. The summed E-state index contributed by atoms with van der Waals surface area (Å²) in [6, 6.07) is 4.05. The Morgan fingerprint density at radius 3 is 2.43 bits per heavy atom. The van der Waals surface area contributed by atoms with Crippen LogP contribution in [0.2, 0.25) is 5.02 Å². The summed E-state index contributed by atoms with van der Waals surface area (Å²) >= 11 is 5.78. The van der Waals surface area contributed by atoms with Gasteiger partial charge in [-0.3, -0.25) is 0 Å². The Kier molecular flexibility index (Phi) is 6.49. The molecule has 0 aliphatic heterocycles. The molecular weight excluding hydrogens is 292 g/mol. The molecule has 6 heteroatoms. The number of hydrogen-bond acceptors (Lipinski definition) is 2. The van der Waals surface area contributed by atoms with Gasteiger partial charge in [-0.05, 0) is 31.0 Å². The SMILES string of the molecule is CCC(CC)C(C)NC(=O)Nc1ccc(Cl)c(C(=O)O)c1. The van der Waals surface area contributed by atoms with Crippen LogP contribution in [0.15, 0.2) is 18.2 Å². The predicted octanol–water partition coefficient (Wildman–Crippen LogP) is 3.98. The number of nitrogens with one attached hydrogen (secondary N) is 2. The molecule has 1 unspecified atom stereocenters. The summed E-state index contributed by atoms with van der Waals surface area (Å²) in [6.07, 6.45) is 1.98. The zero-order valence-corrected chi connectivity index (χ0v) is 13.2. The van der Waals surface area contributed by atoms with Crippen molar-refractivity contribution in [2.75, 3.05) is 5.32 Å². The summed E-state index contributed by atoms with van der Waals surface area (Å²) in [5.41, 5.74) is 0.355. The average molecular weight is 313 g/mol. The van der Waals surface area contributed by atoms with Crippen molar-refractivity contribution in [3.63, 3.8) is 0 Å². The van der Waals surface area contributed by atoms with E-state index in [-0.39, 0.29) is 22.7 Å². The van der Waals surface area contributed by atoms with Crippen LogP contribution < -0.4 is 10.6 Å². The minimum atomic E-state index is -1.13. The van der Waals surface area contributed by atoms with Gasteiger partial charge in [0.25, 0.3) is 0 Å². The van der Waals surface area contributed by atoms with Crippen molar-refractivity contribution in [1.29, 1.82) is 0 Å². The molecule has 5 nitrogen and oxygen atoms in total. The highest BCUT2D eigenvalue weighted by molar-refractivity contribution is 6.33. The van der Waals surface area contributed by atoms with E-state index in [1.807, 2.05) is 6.92 Å². The van der Waals surface area contributed by atoms with Crippen LogP contribution >= 0.6 is 11.6 Å². The molecule has 0 heterocycles. The van der Waals surface area contributed by atoms with E-state index in [1.165, 1.54) is 12.1 Å². The van der Waals surface area contributed by atoms with Crippen molar-refractivity contribution < 1.29 is 14.7 Å². The first kappa shape index (κ1) is 17.3. The molecule has 1 rings (SSSR count). The number of halogens is 1. The summed E-state index contributed by atoms with van der Waals surface area (Å²) in [5.74, 6) is -0.718. The van der Waals surface area contributed by atoms with Gasteiger partial charge in [-0.1, -0.05) is 38.3 Å². The average Bonchev–Trinajstić information content (AvgIpc) is 2.41. The lowest BCUT2D eigenvalue weighted by atomic mass is 9.96. The van der Waals surface area contributed by atoms with Crippen LogP contribution in [0.1, 0.15) is 44.0 Å². The fourth-order valence-corrected chi connectivity index (χ4v) is 2.45. The molecule has 1 aromatic rings. The quantitative estimate of drug-likeness (QED) is 0.743. The Balaban J connectivity index is 2.71. The molecule has 2 amide bonds. The van der Waals surface area contributed by atoms with Crippen LogP contribution in [0.5, 0.6) is 0 Å². The Hall–Kier alpha value is -1.75. The third-order valence-electron chi connectivity index (χ3n) is 3.57. The molecule has 0 aliphatic rings. The molecule has 0 bridgehead atoms. The van der Waals surface area contributed by atoms with Crippen molar-refractivity contribution in [2.45, 2.75) is 39.7 Å². The van der Waals surface area contributed by atoms with E-state index in [0.29, 0.717) is 11.6 Å². The predicted molar refractivity (Wildman–Crippen MR) is 84.1 cm³/mol. The number of benzene rings is 1. The molecule has 0 radical (unpaired) electrons. The largest absolute Gasteiger partial charge is 0.478 e. The second-order valence-corrected chi connectivity index (χ2v) is 5.37. The molecule has 1 atom stereocenters. The second-order valence-electron chi connectivity index (χ2n) is 4.96. The zero-order chi connectivity index (χ0) is 16.0. The molecule has 116 valence electrons. The number of urea groups is 1. The van der Waals surface area contributed by atoms with E-state index in [4.69, 9.17) is 16.7 Å². The molecule has 0 fully saturated rings. The van der Waals surface area contributed by atoms with Crippen LogP contribution in [0, 0.1) is 5.92 Å². The monoisotopic (exact) mass is 312 g/mol. The van der Waals surface area contributed by atoms with Crippen LogP contribution in [0.3, 0.4) is 0 Å². The molecule has 21 heavy (non-hydrogen) atoms. The summed E-state index contributed by atoms with van der Waals surface area (Å²) in [6.45, 7) is 6.13. The smallest absolute Gasteiger partial charge is 0.337 e. The Morgan fingerprint density at radius 1 is 1.29 bits per heavy atom. The van der Waals surface area contributed by atoms with Gasteiger partial charge in [-0.2, -0.15) is 0 Å². The van der Waals surface area contributed by atoms with E-state index >= 15 is 0 Å². The van der Waals surface area contributed by atoms with Crippen LogP contribution in [0.4, 0.5) is 10.5 Å². The van der Waals surface area contributed by atoms with Gasteiger partial charge < -0.3 is 15.7 Å². The Morgan fingerprint density at radius 2 is 1.90 bits per heavy atom. The minimum absolute atomic E-state index is 0.0393. The number of anilines is 1. The number of carboxylic acid groups (broad SMARTS) is 1. The molecule has 0 aliphatic carbocycles. The lowest BCUT2D eigenvalue weighted by molar-refractivity contribution is 0.0697. The number of carbonyl (C=O) groups excluding carboxylic acids is 1. The van der Waals surface area contributed by atoms with E-state index in [1.54, 1.807) is 6.07 Å². The van der Waals surface area contributed by atoms with Crippen molar-refractivity contribution in [1.82, 2.24) is 5.32 Å². The van der Waals surface area contributed by atoms with Crippen LogP contribution in [-0.4, -0.2) is 23.1 Å². The molecule has 0 spiro atoms. The van der Waals surface area contributed by atoms with E-state index in [9.17, 15) is 9.59 Å². The molecule has 3 N–H and O–H groups in total. The first-order valence-corrected chi connectivity index (χ1v) is 7.37.